The van der Waals surface area contributed by atoms with Gasteiger partial charge in [-0.3, -0.25) is 0 Å². The van der Waals surface area contributed by atoms with Crippen molar-refractivity contribution in [2.45, 2.75) is 105 Å². The molecule has 0 aliphatic carbocycles. The fourth-order valence-electron chi connectivity index (χ4n) is 8.93. The number of hydrogen-bond acceptors (Lipinski definition) is 3. The summed E-state index contributed by atoms with van der Waals surface area (Å²) in [7, 11) is 0. The third-order valence-electron chi connectivity index (χ3n) is 12.8. The molecule has 0 amide bonds. The summed E-state index contributed by atoms with van der Waals surface area (Å²) in [6.45, 7) is 27.7. The lowest BCUT2D eigenvalue weighted by Crippen LogP contribution is -2.19. The van der Waals surface area contributed by atoms with Crippen molar-refractivity contribution in [2.75, 3.05) is 9.80 Å². The summed E-state index contributed by atoms with van der Waals surface area (Å²) in [4.78, 5) is 4.89. The van der Waals surface area contributed by atoms with Gasteiger partial charge in [0.05, 0.1) is 11.4 Å². The minimum absolute atomic E-state index is 0.0282. The van der Waals surface area contributed by atoms with Crippen LogP contribution in [0, 0.1) is 0 Å². The van der Waals surface area contributed by atoms with Crippen LogP contribution in [0.3, 0.4) is 0 Å². The summed E-state index contributed by atoms with van der Waals surface area (Å²) >= 11 is 0. The first-order chi connectivity index (χ1) is 29.8. The van der Waals surface area contributed by atoms with Crippen LogP contribution in [0.25, 0.3) is 43.5 Å². The van der Waals surface area contributed by atoms with Crippen LogP contribution in [0.4, 0.5) is 34.1 Å². The van der Waals surface area contributed by atoms with Crippen LogP contribution >= 0.6 is 0 Å². The first kappa shape index (κ1) is 42.0. The molecule has 0 fully saturated rings. The van der Waals surface area contributed by atoms with E-state index in [4.69, 9.17) is 4.42 Å². The van der Waals surface area contributed by atoms with E-state index in [1.807, 2.05) is 0 Å². The second kappa shape index (κ2) is 15.2. The van der Waals surface area contributed by atoms with E-state index in [0.29, 0.717) is 0 Å². The number of anilines is 6. The van der Waals surface area contributed by atoms with Crippen LogP contribution in [0.2, 0.25) is 0 Å². The van der Waals surface area contributed by atoms with Gasteiger partial charge in [0.15, 0.2) is 0 Å². The first-order valence-corrected chi connectivity index (χ1v) is 22.6. The molecule has 318 valence electrons. The second-order valence-corrected chi connectivity index (χ2v) is 21.6. The number of para-hydroxylation sites is 2. The van der Waals surface area contributed by atoms with Crippen LogP contribution in [0.5, 0.6) is 0 Å². The standard InChI is InChI=1S/C60H62N2O/c1-57(2,3)40-31-41(58(4,5)6)34-46(33-40)61(44-23-15-13-16-24-44)53-29-21-22-39-30-51-52-37-54(48-27-19-20-28-49(48)56(52)63-55(51)38-50(39)53)62(45-25-17-14-18-26-45)47-35-42(59(7,8)9)32-43(36-47)60(10,11)12/h13-38H,1-12H3. The van der Waals surface area contributed by atoms with Crippen molar-refractivity contribution < 1.29 is 4.42 Å². The lowest BCUT2D eigenvalue weighted by atomic mass is 9.80. The summed E-state index contributed by atoms with van der Waals surface area (Å²) in [6, 6.07) is 58.4. The highest BCUT2D eigenvalue weighted by Crippen LogP contribution is 2.48. The Morgan fingerprint density at radius 2 is 0.762 bits per heavy atom. The van der Waals surface area contributed by atoms with Crippen molar-refractivity contribution in [2.24, 2.45) is 0 Å². The number of fused-ring (bicyclic) bond motifs is 6. The molecule has 0 saturated heterocycles. The van der Waals surface area contributed by atoms with Crippen molar-refractivity contribution in [1.82, 2.24) is 0 Å². The van der Waals surface area contributed by atoms with Gasteiger partial charge >= 0.3 is 0 Å². The highest BCUT2D eigenvalue weighted by Gasteiger charge is 2.27. The molecular formula is C60H62N2O. The minimum Gasteiger partial charge on any atom is -0.455 e. The molecule has 3 nitrogen and oxygen atoms in total. The molecule has 8 aromatic carbocycles. The molecular weight excluding hydrogens is 765 g/mol. The van der Waals surface area contributed by atoms with Crippen molar-refractivity contribution in [1.29, 1.82) is 0 Å². The molecule has 1 heterocycles. The molecule has 0 radical (unpaired) electrons. The smallest absolute Gasteiger partial charge is 0.143 e. The molecule has 9 aromatic rings. The summed E-state index contributed by atoms with van der Waals surface area (Å²) in [6.07, 6.45) is 0. The van der Waals surface area contributed by atoms with Crippen molar-refractivity contribution >= 4 is 77.6 Å². The van der Waals surface area contributed by atoms with Crippen molar-refractivity contribution in [3.63, 3.8) is 0 Å². The first-order valence-electron chi connectivity index (χ1n) is 22.6. The van der Waals surface area contributed by atoms with E-state index in [2.05, 4.69) is 251 Å². The number of benzene rings is 8. The molecule has 0 N–H and O–H groups in total. The largest absolute Gasteiger partial charge is 0.455 e. The maximum absolute atomic E-state index is 7.08. The van der Waals surface area contributed by atoms with Gasteiger partial charge in [0.2, 0.25) is 0 Å². The van der Waals surface area contributed by atoms with E-state index in [1.165, 1.54) is 22.3 Å². The Labute approximate surface area is 375 Å². The molecule has 3 heteroatoms. The average Bonchev–Trinajstić information content (AvgIpc) is 3.60. The molecule has 63 heavy (non-hydrogen) atoms. The second-order valence-electron chi connectivity index (χ2n) is 21.6. The minimum atomic E-state index is -0.0363. The quantitative estimate of drug-likeness (QED) is 0.166. The average molecular weight is 827 g/mol. The van der Waals surface area contributed by atoms with Gasteiger partial charge in [-0.05, 0) is 122 Å². The van der Waals surface area contributed by atoms with E-state index >= 15 is 0 Å². The lowest BCUT2D eigenvalue weighted by Gasteiger charge is -2.32. The zero-order valence-corrected chi connectivity index (χ0v) is 39.3. The third kappa shape index (κ3) is 7.88. The number of rotatable bonds is 6. The Balaban J connectivity index is 1.31. The van der Waals surface area contributed by atoms with Gasteiger partial charge in [-0.15, -0.1) is 0 Å². The van der Waals surface area contributed by atoms with Gasteiger partial charge in [-0.1, -0.05) is 168 Å². The highest BCUT2D eigenvalue weighted by molar-refractivity contribution is 6.22. The molecule has 9 rings (SSSR count). The number of nitrogens with zero attached hydrogens (tertiary/aromatic N) is 2. The lowest BCUT2D eigenvalue weighted by molar-refractivity contribution is 0.568. The monoisotopic (exact) mass is 826 g/mol. The van der Waals surface area contributed by atoms with Gasteiger partial charge in [0.25, 0.3) is 0 Å². The normalized spacial score (nSPS) is 12.8. The summed E-state index contributed by atoms with van der Waals surface area (Å²) < 4.78 is 7.08. The summed E-state index contributed by atoms with van der Waals surface area (Å²) in [5, 5.41) is 6.73. The van der Waals surface area contributed by atoms with E-state index in [1.54, 1.807) is 0 Å². The number of furan rings is 1. The molecule has 0 spiro atoms. The van der Waals surface area contributed by atoms with Gasteiger partial charge in [0, 0.05) is 49.7 Å². The molecule has 0 atom stereocenters. The fraction of sp³-hybridized carbons (Fsp3) is 0.267. The Kier molecular flexibility index (Phi) is 10.1. The van der Waals surface area contributed by atoms with Crippen LogP contribution in [-0.2, 0) is 21.7 Å². The van der Waals surface area contributed by atoms with Crippen molar-refractivity contribution in [3.05, 3.63) is 180 Å². The predicted molar refractivity (Wildman–Crippen MR) is 273 cm³/mol. The van der Waals surface area contributed by atoms with Gasteiger partial charge in [0.1, 0.15) is 11.2 Å². The van der Waals surface area contributed by atoms with Crippen molar-refractivity contribution in [3.8, 4) is 0 Å². The SMILES string of the molecule is CC(C)(C)c1cc(N(c2ccccc2)c2cccc3cc4c(cc23)oc2c3ccccc3c(N(c3ccccc3)c3cc(C(C)(C)C)cc(C(C)(C)C)c3)cc42)cc(C(C)(C)C)c1. The van der Waals surface area contributed by atoms with Crippen LogP contribution in [0.1, 0.15) is 105 Å². The summed E-state index contributed by atoms with van der Waals surface area (Å²) in [5.41, 5.74) is 13.7. The van der Waals surface area contributed by atoms with E-state index in [9.17, 15) is 0 Å². The Bertz CT molecular complexity index is 3080. The topological polar surface area (TPSA) is 19.6 Å². The van der Waals surface area contributed by atoms with Crippen LogP contribution < -0.4 is 9.80 Å². The molecule has 0 aliphatic rings. The molecule has 0 unspecified atom stereocenters. The van der Waals surface area contributed by atoms with Crippen LogP contribution in [-0.4, -0.2) is 0 Å². The van der Waals surface area contributed by atoms with E-state index in [0.717, 1.165) is 77.6 Å². The summed E-state index contributed by atoms with van der Waals surface area (Å²) in [5.74, 6) is 0. The van der Waals surface area contributed by atoms with Crippen LogP contribution in [0.15, 0.2) is 162 Å². The van der Waals surface area contributed by atoms with Gasteiger partial charge in [-0.25, -0.2) is 0 Å². The molecule has 1 aromatic heterocycles. The van der Waals surface area contributed by atoms with Gasteiger partial charge < -0.3 is 14.2 Å². The Morgan fingerprint density at radius 3 is 1.24 bits per heavy atom. The predicted octanol–water partition coefficient (Wildman–Crippen LogP) is 18.0. The maximum Gasteiger partial charge on any atom is 0.143 e. The Hall–Kier alpha value is -6.32. The van der Waals surface area contributed by atoms with E-state index < -0.39 is 0 Å². The van der Waals surface area contributed by atoms with Gasteiger partial charge in [-0.2, -0.15) is 0 Å². The molecule has 0 bridgehead atoms. The zero-order chi connectivity index (χ0) is 44.6. The molecule has 0 aliphatic heterocycles. The Morgan fingerprint density at radius 1 is 0.317 bits per heavy atom. The third-order valence-corrected chi connectivity index (χ3v) is 12.8. The fourth-order valence-corrected chi connectivity index (χ4v) is 8.93. The maximum atomic E-state index is 7.08. The highest BCUT2D eigenvalue weighted by atomic mass is 16.3. The zero-order valence-electron chi connectivity index (χ0n) is 39.3. The van der Waals surface area contributed by atoms with E-state index in [-0.39, 0.29) is 21.7 Å². The number of hydrogen-bond donors (Lipinski definition) is 0. The molecule has 0 saturated carbocycles.